The number of aryl methyl sites for hydroxylation is 1. The smallest absolute Gasteiger partial charge is 0.161 e. The van der Waals surface area contributed by atoms with Crippen LogP contribution < -0.4 is 14.2 Å². The lowest BCUT2D eigenvalue weighted by Gasteiger charge is -2.30. The van der Waals surface area contributed by atoms with E-state index in [0.29, 0.717) is 55.1 Å². The summed E-state index contributed by atoms with van der Waals surface area (Å²) < 4.78 is 24.9. The van der Waals surface area contributed by atoms with Crippen molar-refractivity contribution in [2.75, 3.05) is 46.6 Å². The molecule has 2 aromatic carbocycles. The number of hydrogen-bond donors (Lipinski definition) is 1. The van der Waals surface area contributed by atoms with E-state index in [9.17, 15) is 5.11 Å². The molecule has 1 fully saturated rings. The normalized spacial score (nSPS) is 18.7. The first kappa shape index (κ1) is 25.3. The maximum absolute atomic E-state index is 11.2. The van der Waals surface area contributed by atoms with Crippen LogP contribution in [-0.4, -0.2) is 72.0 Å². The molecule has 1 saturated heterocycles. The molecule has 4 rings (SSSR count). The fourth-order valence-corrected chi connectivity index (χ4v) is 4.12. The van der Waals surface area contributed by atoms with Gasteiger partial charge in [0.15, 0.2) is 11.5 Å². The lowest BCUT2D eigenvalue weighted by molar-refractivity contribution is -0.0646. The van der Waals surface area contributed by atoms with E-state index in [-0.39, 0.29) is 13.2 Å². The fraction of sp³-hybridized carbons (Fsp3) is 0.423. The van der Waals surface area contributed by atoms with Gasteiger partial charge in [0.25, 0.3) is 0 Å². The summed E-state index contributed by atoms with van der Waals surface area (Å²) in [6, 6.07) is 15.0. The second-order valence-electron chi connectivity index (χ2n) is 8.69. The van der Waals surface area contributed by atoms with Crippen LogP contribution in [0.2, 0.25) is 5.02 Å². The molecule has 8 nitrogen and oxygen atoms in total. The minimum atomic E-state index is -1.13. The zero-order valence-electron chi connectivity index (χ0n) is 19.9. The molecule has 1 aromatic heterocycles. The van der Waals surface area contributed by atoms with E-state index in [1.807, 2.05) is 35.1 Å². The quantitative estimate of drug-likeness (QED) is 0.402. The molecule has 9 heteroatoms. The van der Waals surface area contributed by atoms with E-state index in [4.69, 9.17) is 30.5 Å². The van der Waals surface area contributed by atoms with Crippen molar-refractivity contribution >= 4 is 11.6 Å². The lowest BCUT2D eigenvalue weighted by atomic mass is 10.1. The molecule has 0 amide bonds. The van der Waals surface area contributed by atoms with Crippen LogP contribution >= 0.6 is 11.6 Å². The highest BCUT2D eigenvalue weighted by Crippen LogP contribution is 2.29. The average molecular weight is 502 g/mol. The Morgan fingerprint density at radius 1 is 1.14 bits per heavy atom. The SMILES string of the molecule is COc1cc(CN2CCOC[C@@](O)(COc3ccc(Cl)cc3)C2)ccc1OCCCn1cccn1. The fourth-order valence-electron chi connectivity index (χ4n) is 4.00. The monoisotopic (exact) mass is 501 g/mol. The molecule has 0 aliphatic carbocycles. The molecule has 1 aliphatic heterocycles. The van der Waals surface area contributed by atoms with Gasteiger partial charge in [-0.3, -0.25) is 9.58 Å². The van der Waals surface area contributed by atoms with Gasteiger partial charge in [0.1, 0.15) is 18.0 Å². The standard InChI is InChI=1S/C26H32ClN3O5/c1-32-25-16-21(4-9-24(25)34-14-3-12-30-11-2-10-28-30)17-29-13-15-33-19-26(31,18-29)20-35-23-7-5-22(27)6-8-23/h2,4-11,16,31H,3,12-15,17-20H2,1H3/t26-/m1/s1. The van der Waals surface area contributed by atoms with Crippen LogP contribution in [0.3, 0.4) is 0 Å². The number of hydrogen-bond acceptors (Lipinski definition) is 7. The van der Waals surface area contributed by atoms with Gasteiger partial charge in [-0.25, -0.2) is 0 Å². The molecular formula is C26H32ClN3O5. The minimum absolute atomic E-state index is 0.125. The zero-order valence-corrected chi connectivity index (χ0v) is 20.7. The van der Waals surface area contributed by atoms with Gasteiger partial charge in [0.05, 0.1) is 26.9 Å². The Morgan fingerprint density at radius 3 is 2.77 bits per heavy atom. The third kappa shape index (κ3) is 7.60. The van der Waals surface area contributed by atoms with E-state index in [2.05, 4.69) is 10.00 Å². The van der Waals surface area contributed by atoms with Crippen molar-refractivity contribution in [1.82, 2.24) is 14.7 Å². The molecule has 35 heavy (non-hydrogen) atoms. The Labute approximate surface area is 210 Å². The number of benzene rings is 2. The van der Waals surface area contributed by atoms with Crippen LogP contribution in [0, 0.1) is 0 Å². The molecule has 188 valence electrons. The highest BCUT2D eigenvalue weighted by Gasteiger charge is 2.33. The first-order valence-electron chi connectivity index (χ1n) is 11.7. The van der Waals surface area contributed by atoms with E-state index in [0.717, 1.165) is 18.5 Å². The van der Waals surface area contributed by atoms with Gasteiger partial charge >= 0.3 is 0 Å². The molecule has 3 aromatic rings. The predicted molar refractivity (Wildman–Crippen MR) is 133 cm³/mol. The van der Waals surface area contributed by atoms with Crippen LogP contribution in [0.5, 0.6) is 17.2 Å². The number of halogens is 1. The molecule has 2 heterocycles. The van der Waals surface area contributed by atoms with Crippen LogP contribution in [0.15, 0.2) is 60.9 Å². The Balaban J connectivity index is 1.32. The van der Waals surface area contributed by atoms with Crippen molar-refractivity contribution in [3.63, 3.8) is 0 Å². The number of β-amino-alcohol motifs (C(OH)–C–C–N with tert-alkyl or cyclic N) is 1. The molecule has 0 radical (unpaired) electrons. The summed E-state index contributed by atoms with van der Waals surface area (Å²) in [5.74, 6) is 2.06. The Hall–Kier alpha value is -2.78. The van der Waals surface area contributed by atoms with Crippen LogP contribution in [0.25, 0.3) is 0 Å². The number of methoxy groups -OCH3 is 1. The first-order chi connectivity index (χ1) is 17.0. The van der Waals surface area contributed by atoms with Crippen molar-refractivity contribution in [1.29, 1.82) is 0 Å². The van der Waals surface area contributed by atoms with Crippen LogP contribution in [-0.2, 0) is 17.8 Å². The highest BCUT2D eigenvalue weighted by atomic mass is 35.5. The summed E-state index contributed by atoms with van der Waals surface area (Å²) in [5.41, 5.74) is -0.0636. The summed E-state index contributed by atoms with van der Waals surface area (Å²) >= 11 is 5.94. The summed E-state index contributed by atoms with van der Waals surface area (Å²) in [4.78, 5) is 2.16. The van der Waals surface area contributed by atoms with E-state index in [1.54, 1.807) is 37.6 Å². The largest absolute Gasteiger partial charge is 0.493 e. The Bertz CT molecular complexity index is 1050. The molecule has 1 N–H and O–H groups in total. The maximum Gasteiger partial charge on any atom is 0.161 e. The number of aromatic nitrogens is 2. The predicted octanol–water partition coefficient (Wildman–Crippen LogP) is 3.66. The number of rotatable bonds is 11. The second-order valence-corrected chi connectivity index (χ2v) is 9.12. The van der Waals surface area contributed by atoms with Crippen molar-refractivity contribution in [3.8, 4) is 17.2 Å². The van der Waals surface area contributed by atoms with Gasteiger partial charge in [-0.15, -0.1) is 0 Å². The third-order valence-corrected chi connectivity index (χ3v) is 6.00. The van der Waals surface area contributed by atoms with E-state index < -0.39 is 5.60 Å². The van der Waals surface area contributed by atoms with Crippen LogP contribution in [0.4, 0.5) is 0 Å². The van der Waals surface area contributed by atoms with Crippen molar-refractivity contribution in [2.45, 2.75) is 25.1 Å². The van der Waals surface area contributed by atoms with Gasteiger partial charge in [0.2, 0.25) is 0 Å². The average Bonchev–Trinajstić information content (AvgIpc) is 3.31. The van der Waals surface area contributed by atoms with Crippen LogP contribution in [0.1, 0.15) is 12.0 Å². The molecule has 1 aliphatic rings. The van der Waals surface area contributed by atoms with Gasteiger partial charge in [-0.05, 0) is 48.0 Å². The lowest BCUT2D eigenvalue weighted by Crippen LogP contribution is -2.48. The number of ether oxygens (including phenoxy) is 4. The molecule has 0 unspecified atom stereocenters. The molecular weight excluding hydrogens is 470 g/mol. The summed E-state index contributed by atoms with van der Waals surface area (Å²) in [6.45, 7) is 4.02. The second kappa shape index (κ2) is 12.3. The molecule has 0 bridgehead atoms. The zero-order chi connectivity index (χ0) is 24.5. The summed E-state index contributed by atoms with van der Waals surface area (Å²) in [7, 11) is 1.64. The van der Waals surface area contributed by atoms with Gasteiger partial charge in [-0.2, -0.15) is 5.10 Å². The van der Waals surface area contributed by atoms with Gasteiger partial charge in [0, 0.05) is 50.0 Å². The van der Waals surface area contributed by atoms with E-state index >= 15 is 0 Å². The Kier molecular flexibility index (Phi) is 8.87. The number of nitrogens with zero attached hydrogens (tertiary/aromatic N) is 3. The topological polar surface area (TPSA) is 78.2 Å². The molecule has 0 saturated carbocycles. The van der Waals surface area contributed by atoms with Crippen molar-refractivity contribution < 1.29 is 24.1 Å². The third-order valence-electron chi connectivity index (χ3n) is 5.74. The highest BCUT2D eigenvalue weighted by molar-refractivity contribution is 6.30. The van der Waals surface area contributed by atoms with E-state index in [1.165, 1.54) is 0 Å². The summed E-state index contributed by atoms with van der Waals surface area (Å²) in [6.07, 6.45) is 4.55. The van der Waals surface area contributed by atoms with Crippen molar-refractivity contribution in [2.24, 2.45) is 0 Å². The first-order valence-corrected chi connectivity index (χ1v) is 12.1. The van der Waals surface area contributed by atoms with Crippen molar-refractivity contribution in [3.05, 3.63) is 71.5 Å². The maximum atomic E-state index is 11.2. The number of aliphatic hydroxyl groups is 1. The summed E-state index contributed by atoms with van der Waals surface area (Å²) in [5, 5.41) is 16.0. The Morgan fingerprint density at radius 2 is 2.00 bits per heavy atom. The molecule has 0 spiro atoms. The van der Waals surface area contributed by atoms with Gasteiger partial charge in [-0.1, -0.05) is 17.7 Å². The minimum Gasteiger partial charge on any atom is -0.493 e. The van der Waals surface area contributed by atoms with Gasteiger partial charge < -0.3 is 24.1 Å². The molecule has 1 atom stereocenters.